The van der Waals surface area contributed by atoms with Gasteiger partial charge in [-0.2, -0.15) is 0 Å². The average Bonchev–Trinajstić information content (AvgIpc) is 0.699. The van der Waals surface area contributed by atoms with E-state index in [9.17, 15) is 0 Å². The number of hydrogen-bond acceptors (Lipinski definition) is 12. The molecule has 0 spiro atoms. The Kier molecular flexibility index (Phi) is 14.6. The highest BCUT2D eigenvalue weighted by Gasteiger charge is 2.38. The highest BCUT2D eigenvalue weighted by Crippen LogP contribution is 2.55. The lowest BCUT2D eigenvalue weighted by Crippen LogP contribution is -2.11. The van der Waals surface area contributed by atoms with Crippen molar-refractivity contribution in [1.82, 2.24) is 59.8 Å². The first-order valence-electron chi connectivity index (χ1n) is 33.8. The zero-order valence-corrected chi connectivity index (χ0v) is 54.5. The van der Waals surface area contributed by atoms with Crippen molar-refractivity contribution in [2.75, 3.05) is 0 Å². The standard InChI is InChI=1S/C90H54N12/c1-7-31-55(32-8-1)79-61-43-19-25-49-67(61)91-85(97-79)73-74(86-92-68-50-26-20-44-62(68)80(98-86)56-33-9-2-10-34-56)76(88-94-70-52-28-22-46-64(70)82(100-88)58-37-13-4-14-38-58)78(90-96-72-54-30-24-48-66(72)84(102-90)60-41-17-6-18-42-60)77(89-95-71-53-29-23-47-65(71)83(101-89)59-39-15-5-16-40-59)75(73)87-93-69-51-27-21-45-63(69)81(99-87)57-35-11-3-12-36-57/h1-54H. The number of nitrogens with zero attached hydrogens (tertiary/aromatic N) is 12. The minimum absolute atomic E-state index is 0.292. The first kappa shape index (κ1) is 59.2. The Balaban J connectivity index is 1.14. The summed E-state index contributed by atoms with van der Waals surface area (Å²) in [6.07, 6.45) is 0. The van der Waals surface area contributed by atoms with Gasteiger partial charge in [0, 0.05) is 99.1 Å². The molecule has 0 aliphatic heterocycles. The van der Waals surface area contributed by atoms with Gasteiger partial charge in [-0.05, 0) is 36.4 Å². The maximum Gasteiger partial charge on any atom is 0.161 e. The van der Waals surface area contributed by atoms with Crippen LogP contribution in [0.4, 0.5) is 0 Å². The van der Waals surface area contributed by atoms with Crippen molar-refractivity contribution in [2.24, 2.45) is 0 Å². The van der Waals surface area contributed by atoms with E-state index in [4.69, 9.17) is 59.8 Å². The van der Waals surface area contributed by atoms with Crippen molar-refractivity contribution < 1.29 is 0 Å². The van der Waals surface area contributed by atoms with E-state index < -0.39 is 0 Å². The first-order chi connectivity index (χ1) is 50.6. The lowest BCUT2D eigenvalue weighted by atomic mass is 9.82. The van der Waals surface area contributed by atoms with Crippen LogP contribution in [-0.2, 0) is 0 Å². The minimum atomic E-state index is 0.292. The fourth-order valence-corrected chi connectivity index (χ4v) is 14.1. The molecule has 0 saturated heterocycles. The van der Waals surface area contributed by atoms with Crippen molar-refractivity contribution in [3.8, 4) is 136 Å². The summed E-state index contributed by atoms with van der Waals surface area (Å²) in [7, 11) is 0. The summed E-state index contributed by atoms with van der Waals surface area (Å²) in [4.78, 5) is 70.9. The topological polar surface area (TPSA) is 155 Å². The largest absolute Gasteiger partial charge is 0.228 e. The van der Waals surface area contributed by atoms with Gasteiger partial charge in [0.15, 0.2) is 34.9 Å². The molecule has 12 heteroatoms. The minimum Gasteiger partial charge on any atom is -0.228 e. The molecular weight excluding hydrogens is 1250 g/mol. The predicted octanol–water partition coefficient (Wildman–Crippen LogP) is 21.3. The van der Waals surface area contributed by atoms with Gasteiger partial charge in [0.25, 0.3) is 0 Å². The lowest BCUT2D eigenvalue weighted by molar-refractivity contribution is 1.15. The molecule has 19 aromatic rings. The second-order valence-corrected chi connectivity index (χ2v) is 24.9. The number of benzene rings is 13. The van der Waals surface area contributed by atoms with Crippen LogP contribution in [0.1, 0.15) is 0 Å². The van der Waals surface area contributed by atoms with Crippen LogP contribution >= 0.6 is 0 Å². The molecule has 0 bridgehead atoms. The second kappa shape index (κ2) is 25.1. The van der Waals surface area contributed by atoms with E-state index in [1.807, 2.05) is 218 Å². The molecule has 474 valence electrons. The lowest BCUT2D eigenvalue weighted by Gasteiger charge is -2.26. The van der Waals surface area contributed by atoms with Gasteiger partial charge < -0.3 is 0 Å². The monoisotopic (exact) mass is 1300 g/mol. The third kappa shape index (κ3) is 10.4. The van der Waals surface area contributed by atoms with E-state index in [0.29, 0.717) is 136 Å². The smallest absolute Gasteiger partial charge is 0.161 e. The molecule has 19 rings (SSSR count). The Morgan fingerprint density at radius 1 is 0.118 bits per heavy atom. The number of para-hydroxylation sites is 6. The Morgan fingerprint density at radius 3 is 0.392 bits per heavy atom. The molecule has 0 fully saturated rings. The quantitative estimate of drug-likeness (QED) is 0.114. The Bertz CT molecular complexity index is 5440. The van der Waals surface area contributed by atoms with Crippen molar-refractivity contribution in [3.05, 3.63) is 328 Å². The van der Waals surface area contributed by atoms with E-state index in [1.165, 1.54) is 0 Å². The van der Waals surface area contributed by atoms with Crippen LogP contribution in [0.2, 0.25) is 0 Å². The maximum absolute atomic E-state index is 5.96. The average molecular weight is 1300 g/mol. The molecule has 0 N–H and O–H groups in total. The van der Waals surface area contributed by atoms with Crippen molar-refractivity contribution in [2.45, 2.75) is 0 Å². The van der Waals surface area contributed by atoms with Gasteiger partial charge in [0.05, 0.1) is 67.3 Å². The zero-order chi connectivity index (χ0) is 67.5. The van der Waals surface area contributed by atoms with E-state index in [2.05, 4.69) is 109 Å². The maximum atomic E-state index is 5.96. The summed E-state index contributed by atoms with van der Waals surface area (Å²) in [6, 6.07) is 110. The molecule has 6 heterocycles. The van der Waals surface area contributed by atoms with Gasteiger partial charge >= 0.3 is 0 Å². The van der Waals surface area contributed by atoms with Crippen molar-refractivity contribution in [1.29, 1.82) is 0 Å². The number of fused-ring (bicyclic) bond motifs is 6. The van der Waals surface area contributed by atoms with Gasteiger partial charge in [0.1, 0.15) is 0 Å². The van der Waals surface area contributed by atoms with E-state index in [1.54, 1.807) is 0 Å². The third-order valence-electron chi connectivity index (χ3n) is 18.7. The van der Waals surface area contributed by atoms with Crippen LogP contribution in [0.25, 0.3) is 201 Å². The predicted molar refractivity (Wildman–Crippen MR) is 410 cm³/mol. The Labute approximate surface area is 585 Å². The van der Waals surface area contributed by atoms with Crippen LogP contribution in [0.3, 0.4) is 0 Å². The van der Waals surface area contributed by atoms with Crippen LogP contribution in [0.5, 0.6) is 0 Å². The number of hydrogen-bond donors (Lipinski definition) is 0. The molecule has 0 atom stereocenters. The van der Waals surface area contributed by atoms with Gasteiger partial charge in [0.2, 0.25) is 0 Å². The molecular formula is C90H54N12. The summed E-state index contributed by atoms with van der Waals surface area (Å²) < 4.78 is 0. The summed E-state index contributed by atoms with van der Waals surface area (Å²) in [6.45, 7) is 0. The summed E-state index contributed by atoms with van der Waals surface area (Å²) in [5, 5.41) is 5.02. The molecule has 0 aliphatic rings. The van der Waals surface area contributed by atoms with Crippen LogP contribution in [0, 0.1) is 0 Å². The molecule has 13 aromatic carbocycles. The fraction of sp³-hybridized carbons (Fsp3) is 0. The first-order valence-corrected chi connectivity index (χ1v) is 33.8. The fourth-order valence-electron chi connectivity index (χ4n) is 14.1. The van der Waals surface area contributed by atoms with Gasteiger partial charge in [-0.3, -0.25) is 0 Å². The summed E-state index contributed by atoms with van der Waals surface area (Å²) >= 11 is 0. The summed E-state index contributed by atoms with van der Waals surface area (Å²) in [5.41, 5.74) is 16.0. The van der Waals surface area contributed by atoms with Crippen molar-refractivity contribution >= 4 is 65.4 Å². The van der Waals surface area contributed by atoms with Crippen molar-refractivity contribution in [3.63, 3.8) is 0 Å². The number of aromatic nitrogens is 12. The normalized spacial score (nSPS) is 11.5. The second-order valence-electron chi connectivity index (χ2n) is 24.9. The van der Waals surface area contributed by atoms with Gasteiger partial charge in [-0.15, -0.1) is 0 Å². The van der Waals surface area contributed by atoms with E-state index in [0.717, 1.165) is 65.7 Å². The molecule has 0 saturated carbocycles. The molecule has 0 unspecified atom stereocenters. The Hall–Kier alpha value is -14.1. The van der Waals surface area contributed by atoms with Crippen LogP contribution < -0.4 is 0 Å². The molecule has 12 nitrogen and oxygen atoms in total. The zero-order valence-electron chi connectivity index (χ0n) is 54.5. The van der Waals surface area contributed by atoms with Gasteiger partial charge in [-0.25, -0.2) is 59.8 Å². The third-order valence-corrected chi connectivity index (χ3v) is 18.7. The van der Waals surface area contributed by atoms with E-state index >= 15 is 0 Å². The molecule has 0 radical (unpaired) electrons. The van der Waals surface area contributed by atoms with E-state index in [-0.39, 0.29) is 0 Å². The van der Waals surface area contributed by atoms with Gasteiger partial charge in [-0.1, -0.05) is 291 Å². The van der Waals surface area contributed by atoms with Crippen LogP contribution in [-0.4, -0.2) is 59.8 Å². The number of rotatable bonds is 12. The molecule has 6 aromatic heterocycles. The SMILES string of the molecule is c1ccc(-c2nc(-c3c(-c4nc(-c5ccccc5)c5ccccc5n4)c(-c4nc(-c5ccccc5)c5ccccc5n4)c(-c4nc(-c5ccccc5)c5ccccc5n4)c(-c4nc(-c5ccccc5)c5ccccc5n4)c3-c3nc(-c4ccccc4)c4ccccc4n3)nc3ccccc23)cc1. The highest BCUT2D eigenvalue weighted by atomic mass is 15.0. The highest BCUT2D eigenvalue weighted by molar-refractivity contribution is 6.15. The molecule has 0 amide bonds. The van der Waals surface area contributed by atoms with Crippen LogP contribution in [0.15, 0.2) is 328 Å². The molecule has 0 aliphatic carbocycles. The molecule has 102 heavy (non-hydrogen) atoms. The summed E-state index contributed by atoms with van der Waals surface area (Å²) in [5.74, 6) is 1.75. The Morgan fingerprint density at radius 2 is 0.245 bits per heavy atom.